The average molecular weight is 1220 g/mol. The standard InChI is InChI=1S/C10H12S.2C9H15N.C8H13NO.C8H13N.C8H8.C7H11N.2C6H12S.C3H8S/c1-3-9-4-6-10(7-5-9)8-11-2;2*1-8(2)5-6-9(3,4)7-10;1-6(2)7(10)8(3,4)5-9;1-7(2)5-8(3,4)6-9;1-2-8-6-4-3-5-7-8;1-4-5-7(2,3)6-8;2*1-6(2)4-5-7-3;1-3-4-2/h3-7H,1,8H2,2H3;2*1,5-6H2,2-4H3;7,10H,1H2,2-4H3;1,5H2,2-4H3;2-7H,1H2;4H,1,5H2,2-3H3;2*1,4-5H2,2-3H3;3H2,1-2H3. The van der Waals surface area contributed by atoms with Crippen molar-refractivity contribution in [2.45, 2.75) is 181 Å². The van der Waals surface area contributed by atoms with Gasteiger partial charge >= 0.3 is 0 Å². The van der Waals surface area contributed by atoms with Gasteiger partial charge in [0.05, 0.1) is 63.5 Å². The fraction of sp³-hybridized carbons (Fsp3) is 0.527. The van der Waals surface area contributed by atoms with Gasteiger partial charge in [0, 0.05) is 5.75 Å². The van der Waals surface area contributed by atoms with Crippen LogP contribution in [0.5, 0.6) is 0 Å². The molecule has 1 atom stereocenters. The lowest BCUT2D eigenvalue weighted by Crippen LogP contribution is -2.28. The highest BCUT2D eigenvalue weighted by molar-refractivity contribution is 7.99. The van der Waals surface area contributed by atoms with Gasteiger partial charge < -0.3 is 5.11 Å². The lowest BCUT2D eigenvalue weighted by atomic mass is 9.85. The lowest BCUT2D eigenvalue weighted by molar-refractivity contribution is 0.120. The summed E-state index contributed by atoms with van der Waals surface area (Å²) in [7, 11) is 0. The van der Waals surface area contributed by atoms with Crippen molar-refractivity contribution in [3.63, 3.8) is 0 Å². The van der Waals surface area contributed by atoms with E-state index in [1.54, 1.807) is 26.8 Å². The van der Waals surface area contributed by atoms with Crippen LogP contribution in [0, 0.1) is 83.7 Å². The van der Waals surface area contributed by atoms with E-state index < -0.39 is 11.5 Å². The topological polar surface area (TPSA) is 139 Å². The molecule has 0 aliphatic carbocycles. The summed E-state index contributed by atoms with van der Waals surface area (Å²) in [5, 5.41) is 52.1. The molecule has 84 heavy (non-hydrogen) atoms. The van der Waals surface area contributed by atoms with Gasteiger partial charge in [-0.25, -0.2) is 0 Å². The summed E-state index contributed by atoms with van der Waals surface area (Å²) in [5.41, 5.74) is 8.80. The van der Waals surface area contributed by atoms with Gasteiger partial charge in [-0.3, -0.25) is 0 Å². The zero-order valence-electron chi connectivity index (χ0n) is 57.2. The van der Waals surface area contributed by atoms with Gasteiger partial charge in [0.25, 0.3) is 0 Å². The first-order chi connectivity index (χ1) is 38.7. The van der Waals surface area contributed by atoms with Gasteiger partial charge in [-0.1, -0.05) is 133 Å². The van der Waals surface area contributed by atoms with Crippen molar-refractivity contribution in [1.29, 1.82) is 26.3 Å². The second kappa shape index (κ2) is 59.6. The Kier molecular flexibility index (Phi) is 67.6. The fourth-order valence-electron chi connectivity index (χ4n) is 5.10. The molecule has 0 saturated heterocycles. The minimum absolute atomic E-state index is 0.182. The van der Waals surface area contributed by atoms with E-state index in [-0.39, 0.29) is 21.7 Å². The molecule has 470 valence electrons. The van der Waals surface area contributed by atoms with Crippen LogP contribution in [0.15, 0.2) is 153 Å². The highest BCUT2D eigenvalue weighted by Gasteiger charge is 2.27. The van der Waals surface area contributed by atoms with Crippen LogP contribution in [0.4, 0.5) is 0 Å². The quantitative estimate of drug-likeness (QED) is 0.107. The van der Waals surface area contributed by atoms with Gasteiger partial charge in [-0.05, 0) is 221 Å². The predicted molar refractivity (Wildman–Crippen MR) is 390 cm³/mol. The molecular formula is C74H119N5OS4. The molecule has 0 spiro atoms. The smallest absolute Gasteiger partial charge is 0.0925 e. The third-order valence-electron chi connectivity index (χ3n) is 10.7. The van der Waals surface area contributed by atoms with Gasteiger partial charge in [0.2, 0.25) is 0 Å². The van der Waals surface area contributed by atoms with Crippen molar-refractivity contribution in [2.24, 2.45) is 27.1 Å². The zero-order valence-corrected chi connectivity index (χ0v) is 60.4. The Morgan fingerprint density at radius 2 is 0.833 bits per heavy atom. The molecule has 1 N–H and O–H groups in total. The fourth-order valence-corrected chi connectivity index (χ4v) is 6.73. The molecule has 0 fully saturated rings. The maximum Gasteiger partial charge on any atom is 0.0925 e. The third-order valence-corrected chi connectivity index (χ3v) is 13.1. The van der Waals surface area contributed by atoms with Crippen molar-refractivity contribution in [2.75, 3.05) is 42.3 Å². The Labute approximate surface area is 537 Å². The largest absolute Gasteiger partial charge is 0.387 e. The molecule has 0 radical (unpaired) electrons. The summed E-state index contributed by atoms with van der Waals surface area (Å²) in [6, 6.07) is 29.4. The van der Waals surface area contributed by atoms with Crippen LogP contribution >= 0.6 is 47.0 Å². The number of benzene rings is 2. The summed E-state index contributed by atoms with van der Waals surface area (Å²) in [5.74, 6) is 4.77. The first-order valence-corrected chi connectivity index (χ1v) is 33.9. The van der Waals surface area contributed by atoms with E-state index in [0.717, 1.165) is 61.0 Å². The van der Waals surface area contributed by atoms with E-state index in [0.29, 0.717) is 5.57 Å². The normalized spacial score (nSPS) is 10.2. The highest BCUT2D eigenvalue weighted by Crippen LogP contribution is 2.25. The molecule has 0 heterocycles. The van der Waals surface area contributed by atoms with E-state index in [2.05, 4.69) is 154 Å². The Bertz CT molecular complexity index is 2260. The van der Waals surface area contributed by atoms with E-state index >= 15 is 0 Å². The van der Waals surface area contributed by atoms with Gasteiger partial charge in [-0.2, -0.15) is 73.4 Å². The SMILES string of the molecule is C=C(C)C(O)C(C)(C)C#N.C=C(C)CC(C)(C)C#N.C=C(C)CCC(C)(C)C#N.C=C(C)CCC(C)(C)C#N.C=C(C)CCSC.C=C(C)CCSC.C=CCC(C)(C)C#N.C=Cc1ccc(CSC)cc1.C=Cc1ccccc1.CCSC. The summed E-state index contributed by atoms with van der Waals surface area (Å²) in [4.78, 5) is 0. The van der Waals surface area contributed by atoms with E-state index in [1.807, 2.05) is 172 Å². The number of aliphatic hydroxyl groups is 1. The number of hydrogen-bond donors (Lipinski definition) is 1. The molecule has 2 aromatic carbocycles. The summed E-state index contributed by atoms with van der Waals surface area (Å²) < 4.78 is 0. The second-order valence-corrected chi connectivity index (χ2v) is 27.6. The maximum absolute atomic E-state index is 9.33. The van der Waals surface area contributed by atoms with E-state index in [9.17, 15) is 5.11 Å². The number of nitrogens with zero attached hydrogens (tertiary/aromatic N) is 5. The molecule has 0 saturated carbocycles. The Morgan fingerprint density at radius 1 is 0.488 bits per heavy atom. The number of aliphatic hydroxyl groups excluding tert-OH is 1. The summed E-state index contributed by atoms with van der Waals surface area (Å²) >= 11 is 7.44. The molecule has 2 aromatic rings. The molecule has 0 bridgehead atoms. The number of rotatable bonds is 23. The highest BCUT2D eigenvalue weighted by atomic mass is 32.2. The first-order valence-electron chi connectivity index (χ1n) is 28.3. The van der Waals surface area contributed by atoms with Crippen LogP contribution < -0.4 is 0 Å². The zero-order chi connectivity index (χ0) is 67.6. The number of allylic oxidation sites excluding steroid dienone is 6. The molecule has 2 rings (SSSR count). The third kappa shape index (κ3) is 79.0. The van der Waals surface area contributed by atoms with E-state index in [4.69, 9.17) is 26.3 Å². The lowest BCUT2D eigenvalue weighted by Gasteiger charge is -2.22. The van der Waals surface area contributed by atoms with Gasteiger partial charge in [-0.15, -0.1) is 39.5 Å². The molecular weight excluding hydrogens is 1100 g/mol. The molecule has 6 nitrogen and oxygen atoms in total. The molecule has 0 aliphatic heterocycles. The second-order valence-electron chi connectivity index (χ2n) is 23.6. The van der Waals surface area contributed by atoms with Crippen molar-refractivity contribution in [1.82, 2.24) is 0 Å². The minimum atomic E-state index is -0.725. The number of thioether (sulfide) groups is 4. The Hall–Kier alpha value is -5.09. The van der Waals surface area contributed by atoms with Crippen LogP contribution in [-0.4, -0.2) is 53.5 Å². The minimum Gasteiger partial charge on any atom is -0.387 e. The predicted octanol–water partition coefficient (Wildman–Crippen LogP) is 23.4. The van der Waals surface area contributed by atoms with Crippen LogP contribution in [0.3, 0.4) is 0 Å². The van der Waals surface area contributed by atoms with Crippen LogP contribution in [0.1, 0.15) is 186 Å². The average Bonchev–Trinajstić information content (AvgIpc) is 3.45. The molecule has 0 amide bonds. The van der Waals surface area contributed by atoms with Crippen LogP contribution in [0.25, 0.3) is 12.2 Å². The van der Waals surface area contributed by atoms with Crippen molar-refractivity contribution in [3.8, 4) is 30.3 Å². The summed E-state index contributed by atoms with van der Waals surface area (Å²) in [6.07, 6.45) is 20.8. The van der Waals surface area contributed by atoms with Gasteiger partial charge in [0.15, 0.2) is 0 Å². The molecule has 10 heteroatoms. The van der Waals surface area contributed by atoms with Crippen LogP contribution in [-0.2, 0) is 5.75 Å². The van der Waals surface area contributed by atoms with Gasteiger partial charge in [0.1, 0.15) is 0 Å². The molecule has 0 aliphatic rings. The Balaban J connectivity index is -0.000000128. The van der Waals surface area contributed by atoms with Crippen LogP contribution in [0.2, 0.25) is 0 Å². The van der Waals surface area contributed by atoms with E-state index in [1.165, 1.54) is 57.9 Å². The molecule has 1 unspecified atom stereocenters. The first kappa shape index (κ1) is 95.3. The maximum atomic E-state index is 9.33. The van der Waals surface area contributed by atoms with Crippen molar-refractivity contribution in [3.05, 3.63) is 170 Å². The summed E-state index contributed by atoms with van der Waals surface area (Å²) in [6.45, 7) is 66.0. The Morgan fingerprint density at radius 3 is 1.01 bits per heavy atom. The monoisotopic (exact) mass is 1220 g/mol. The number of nitriles is 5. The molecule has 0 aromatic heterocycles. The number of hydrogen-bond acceptors (Lipinski definition) is 10. The van der Waals surface area contributed by atoms with Crippen molar-refractivity contribution >= 4 is 59.2 Å². The van der Waals surface area contributed by atoms with Crippen molar-refractivity contribution < 1.29 is 5.11 Å².